The molecular formula is C11H16N4O4. The fourth-order valence-corrected chi connectivity index (χ4v) is 1.91. The number of nitrogens with one attached hydrogen (secondary N) is 2. The SMILES string of the molecule is O=c1[nH]c(O)cn1CCCCCn1cc(O)[nH]c1=O. The summed E-state index contributed by atoms with van der Waals surface area (Å²) >= 11 is 0. The fourth-order valence-electron chi connectivity index (χ4n) is 1.91. The molecule has 2 rings (SSSR count). The van der Waals surface area contributed by atoms with Gasteiger partial charge in [-0.1, -0.05) is 0 Å². The normalized spacial score (nSPS) is 10.9. The molecule has 104 valence electrons. The fraction of sp³-hybridized carbons (Fsp3) is 0.455. The van der Waals surface area contributed by atoms with Crippen LogP contribution in [0.3, 0.4) is 0 Å². The third-order valence-electron chi connectivity index (χ3n) is 2.85. The smallest absolute Gasteiger partial charge is 0.328 e. The Morgan fingerprint density at radius 1 is 0.842 bits per heavy atom. The lowest BCUT2D eigenvalue weighted by atomic mass is 10.2. The third-order valence-corrected chi connectivity index (χ3v) is 2.85. The summed E-state index contributed by atoms with van der Waals surface area (Å²) in [5.74, 6) is -0.279. The van der Waals surface area contributed by atoms with E-state index in [0.29, 0.717) is 13.1 Å². The molecule has 0 unspecified atom stereocenters. The van der Waals surface area contributed by atoms with Crippen LogP contribution >= 0.6 is 0 Å². The van der Waals surface area contributed by atoms with Gasteiger partial charge in [0.05, 0.1) is 12.4 Å². The maximum atomic E-state index is 11.2. The van der Waals surface area contributed by atoms with Crippen molar-refractivity contribution in [3.63, 3.8) is 0 Å². The Morgan fingerprint density at radius 2 is 1.26 bits per heavy atom. The average molecular weight is 268 g/mol. The monoisotopic (exact) mass is 268 g/mol. The van der Waals surface area contributed by atoms with Gasteiger partial charge in [0, 0.05) is 13.1 Å². The molecule has 2 aromatic rings. The standard InChI is InChI=1S/C11H16N4O4/c16-8-6-14(10(18)12-8)4-2-1-3-5-15-7-9(17)13-11(15)19/h6-7,16-17H,1-5H2,(H,12,18)(H,13,19). The number of aromatic hydroxyl groups is 2. The van der Waals surface area contributed by atoms with Gasteiger partial charge in [0.25, 0.3) is 0 Å². The minimum atomic E-state index is -0.329. The number of H-pyrrole nitrogens is 2. The van der Waals surface area contributed by atoms with Gasteiger partial charge in [0.1, 0.15) is 0 Å². The van der Waals surface area contributed by atoms with Gasteiger partial charge in [-0.15, -0.1) is 0 Å². The van der Waals surface area contributed by atoms with E-state index >= 15 is 0 Å². The average Bonchev–Trinajstić information content (AvgIpc) is 2.81. The Labute approximate surface area is 108 Å². The lowest BCUT2D eigenvalue weighted by molar-refractivity contribution is 0.454. The molecule has 0 aliphatic heterocycles. The van der Waals surface area contributed by atoms with Crippen molar-refractivity contribution in [2.24, 2.45) is 0 Å². The first-order valence-corrected chi connectivity index (χ1v) is 6.03. The van der Waals surface area contributed by atoms with Crippen molar-refractivity contribution < 1.29 is 10.2 Å². The Hall–Kier alpha value is -2.38. The van der Waals surface area contributed by atoms with Gasteiger partial charge in [-0.3, -0.25) is 19.1 Å². The largest absolute Gasteiger partial charge is 0.493 e. The van der Waals surface area contributed by atoms with E-state index < -0.39 is 0 Å². The minimum Gasteiger partial charge on any atom is -0.493 e. The molecular weight excluding hydrogens is 252 g/mol. The van der Waals surface area contributed by atoms with Crippen molar-refractivity contribution in [3.8, 4) is 11.8 Å². The molecule has 0 saturated heterocycles. The van der Waals surface area contributed by atoms with Gasteiger partial charge >= 0.3 is 11.4 Å². The van der Waals surface area contributed by atoms with E-state index in [9.17, 15) is 9.59 Å². The summed E-state index contributed by atoms with van der Waals surface area (Å²) in [5.41, 5.74) is -0.659. The molecule has 2 aromatic heterocycles. The number of rotatable bonds is 6. The summed E-state index contributed by atoms with van der Waals surface area (Å²) in [6.45, 7) is 1.03. The Morgan fingerprint density at radius 3 is 1.58 bits per heavy atom. The van der Waals surface area contributed by atoms with Crippen molar-refractivity contribution >= 4 is 0 Å². The zero-order valence-corrected chi connectivity index (χ0v) is 10.3. The zero-order chi connectivity index (χ0) is 13.8. The van der Waals surface area contributed by atoms with Gasteiger partial charge in [0.15, 0.2) is 0 Å². The zero-order valence-electron chi connectivity index (χ0n) is 10.3. The number of imidazole rings is 2. The Bertz CT molecular complexity index is 592. The molecule has 8 nitrogen and oxygen atoms in total. The highest BCUT2D eigenvalue weighted by Crippen LogP contribution is 2.04. The van der Waals surface area contributed by atoms with Gasteiger partial charge in [-0.25, -0.2) is 9.59 Å². The van der Waals surface area contributed by atoms with Crippen molar-refractivity contribution in [3.05, 3.63) is 33.4 Å². The highest BCUT2D eigenvalue weighted by atomic mass is 16.3. The van der Waals surface area contributed by atoms with Crippen LogP contribution in [0.1, 0.15) is 19.3 Å². The molecule has 4 N–H and O–H groups in total. The molecule has 0 aliphatic carbocycles. The summed E-state index contributed by atoms with van der Waals surface area (Å²) < 4.78 is 2.81. The maximum absolute atomic E-state index is 11.2. The van der Waals surface area contributed by atoms with Crippen molar-refractivity contribution in [2.75, 3.05) is 0 Å². The molecule has 0 aliphatic rings. The Balaban J connectivity index is 1.73. The van der Waals surface area contributed by atoms with E-state index in [1.807, 2.05) is 0 Å². The number of aromatic nitrogens is 4. The van der Waals surface area contributed by atoms with Crippen LogP contribution in [0, 0.1) is 0 Å². The molecule has 0 bridgehead atoms. The van der Waals surface area contributed by atoms with Crippen LogP contribution in [0.15, 0.2) is 22.0 Å². The van der Waals surface area contributed by atoms with Gasteiger partial charge in [-0.05, 0) is 19.3 Å². The quantitative estimate of drug-likeness (QED) is 0.549. The van der Waals surface area contributed by atoms with E-state index in [-0.39, 0.29) is 23.1 Å². The van der Waals surface area contributed by atoms with E-state index in [1.54, 1.807) is 0 Å². The number of nitrogens with zero attached hydrogens (tertiary/aromatic N) is 2. The predicted octanol–water partition coefficient (Wildman–Crippen LogP) is -0.0521. The highest BCUT2D eigenvalue weighted by molar-refractivity contribution is 5.01. The second kappa shape index (κ2) is 5.51. The summed E-state index contributed by atoms with van der Waals surface area (Å²) in [6, 6.07) is 0. The maximum Gasteiger partial charge on any atom is 0.328 e. The van der Waals surface area contributed by atoms with Crippen LogP contribution < -0.4 is 11.4 Å². The summed E-state index contributed by atoms with van der Waals surface area (Å²) in [7, 11) is 0. The molecule has 0 amide bonds. The van der Waals surface area contributed by atoms with Gasteiger partial charge in [-0.2, -0.15) is 0 Å². The first-order valence-electron chi connectivity index (χ1n) is 6.03. The number of aromatic amines is 2. The molecule has 0 spiro atoms. The predicted molar refractivity (Wildman–Crippen MR) is 67.3 cm³/mol. The molecule has 2 heterocycles. The number of aryl methyl sites for hydroxylation is 2. The second-order valence-corrected chi connectivity index (χ2v) is 4.34. The first kappa shape index (κ1) is 13.1. The molecule has 0 aromatic carbocycles. The second-order valence-electron chi connectivity index (χ2n) is 4.34. The molecule has 8 heteroatoms. The molecule has 0 atom stereocenters. The van der Waals surface area contributed by atoms with Crippen LogP contribution in [0.4, 0.5) is 0 Å². The number of hydrogen-bond donors (Lipinski definition) is 4. The summed E-state index contributed by atoms with van der Waals surface area (Å²) in [5, 5.41) is 18.2. The Kier molecular flexibility index (Phi) is 3.79. The minimum absolute atomic E-state index is 0.139. The van der Waals surface area contributed by atoms with Crippen LogP contribution in [-0.4, -0.2) is 29.3 Å². The molecule has 0 saturated carbocycles. The van der Waals surface area contributed by atoms with E-state index in [4.69, 9.17) is 10.2 Å². The number of unbranched alkanes of at least 4 members (excludes halogenated alkanes) is 2. The van der Waals surface area contributed by atoms with Gasteiger partial charge < -0.3 is 10.2 Å². The topological polar surface area (TPSA) is 116 Å². The lowest BCUT2D eigenvalue weighted by Crippen LogP contribution is -2.17. The lowest BCUT2D eigenvalue weighted by Gasteiger charge is -2.02. The van der Waals surface area contributed by atoms with E-state index in [1.165, 1.54) is 21.5 Å². The third kappa shape index (κ3) is 3.30. The van der Waals surface area contributed by atoms with Crippen LogP contribution in [0.5, 0.6) is 11.8 Å². The number of hydrogen-bond acceptors (Lipinski definition) is 4. The molecule has 0 radical (unpaired) electrons. The van der Waals surface area contributed by atoms with Crippen molar-refractivity contribution in [1.82, 2.24) is 19.1 Å². The van der Waals surface area contributed by atoms with Crippen molar-refractivity contribution in [1.29, 1.82) is 0 Å². The highest BCUT2D eigenvalue weighted by Gasteiger charge is 2.02. The molecule has 19 heavy (non-hydrogen) atoms. The van der Waals surface area contributed by atoms with Crippen molar-refractivity contribution in [2.45, 2.75) is 32.4 Å². The van der Waals surface area contributed by atoms with E-state index in [2.05, 4.69) is 9.97 Å². The van der Waals surface area contributed by atoms with Crippen LogP contribution in [0.2, 0.25) is 0 Å². The van der Waals surface area contributed by atoms with E-state index in [0.717, 1.165) is 19.3 Å². The van der Waals surface area contributed by atoms with Crippen LogP contribution in [0.25, 0.3) is 0 Å². The molecule has 0 fully saturated rings. The first-order chi connectivity index (χ1) is 9.06. The summed E-state index contributed by atoms with van der Waals surface area (Å²) in [6.07, 6.45) is 5.08. The van der Waals surface area contributed by atoms with Crippen LogP contribution in [-0.2, 0) is 13.1 Å². The summed E-state index contributed by atoms with van der Waals surface area (Å²) in [4.78, 5) is 27.0. The van der Waals surface area contributed by atoms with Gasteiger partial charge in [0.2, 0.25) is 11.8 Å².